The summed E-state index contributed by atoms with van der Waals surface area (Å²) in [5.74, 6) is -0.502. The molecule has 3 aromatic rings. The van der Waals surface area contributed by atoms with E-state index in [-0.39, 0.29) is 29.0 Å². The molecule has 10 nitrogen and oxygen atoms in total. The lowest BCUT2D eigenvalue weighted by molar-refractivity contribution is 0.0939. The van der Waals surface area contributed by atoms with Crippen LogP contribution in [0.5, 0.6) is 0 Å². The standard InChI is InChI=1S/C21H20N6O4S/c1-9-24-14-19(30)25-18(26-21(14)32-9)20(31)23-7-10-2-3-11-4-5-27(8-12(11)6-10)15-13(22)16(28)17(15)29/h2-3,6,9,24H,4-5,7-8,22H2,1H3,(H,23,31)(H,25,26,30). The molecule has 1 amide bonds. The molecule has 3 heterocycles. The minimum absolute atomic E-state index is 0.0198. The van der Waals surface area contributed by atoms with Gasteiger partial charge in [0, 0.05) is 19.6 Å². The minimum atomic E-state index is -0.621. The van der Waals surface area contributed by atoms with Crippen LogP contribution in [0.1, 0.15) is 34.2 Å². The van der Waals surface area contributed by atoms with Gasteiger partial charge in [-0.2, -0.15) is 0 Å². The first kappa shape index (κ1) is 20.3. The van der Waals surface area contributed by atoms with E-state index in [1.165, 1.54) is 11.8 Å². The van der Waals surface area contributed by atoms with Gasteiger partial charge in [0.2, 0.25) is 0 Å². The average Bonchev–Trinajstić information content (AvgIpc) is 3.17. The average molecular weight is 452 g/mol. The molecule has 5 N–H and O–H groups in total. The van der Waals surface area contributed by atoms with Gasteiger partial charge < -0.3 is 26.3 Å². The number of benzene rings is 1. The molecular formula is C21H20N6O4S. The number of nitrogens with one attached hydrogen (secondary N) is 3. The van der Waals surface area contributed by atoms with Gasteiger partial charge in [0.1, 0.15) is 22.1 Å². The highest BCUT2D eigenvalue weighted by Crippen LogP contribution is 2.33. The van der Waals surface area contributed by atoms with Crippen molar-refractivity contribution in [2.75, 3.05) is 22.5 Å². The Morgan fingerprint density at radius 3 is 2.88 bits per heavy atom. The number of nitrogens with two attached hydrogens (primary N) is 1. The van der Waals surface area contributed by atoms with Gasteiger partial charge in [-0.25, -0.2) is 4.98 Å². The van der Waals surface area contributed by atoms with Crippen LogP contribution in [0.2, 0.25) is 0 Å². The number of hydrogen-bond donors (Lipinski definition) is 4. The van der Waals surface area contributed by atoms with Crippen molar-refractivity contribution in [2.24, 2.45) is 0 Å². The number of aromatic amines is 1. The maximum Gasteiger partial charge on any atom is 0.287 e. The first-order valence-electron chi connectivity index (χ1n) is 10.1. The highest BCUT2D eigenvalue weighted by molar-refractivity contribution is 8.00. The molecule has 0 fully saturated rings. The molecular weight excluding hydrogens is 432 g/mol. The fourth-order valence-corrected chi connectivity index (χ4v) is 4.99. The summed E-state index contributed by atoms with van der Waals surface area (Å²) in [5.41, 5.74) is 7.92. The van der Waals surface area contributed by atoms with E-state index >= 15 is 0 Å². The van der Waals surface area contributed by atoms with Crippen molar-refractivity contribution in [3.8, 4) is 0 Å². The normalized spacial score (nSPS) is 17.0. The van der Waals surface area contributed by atoms with Crippen LogP contribution in [0.3, 0.4) is 0 Å². The maximum atomic E-state index is 12.6. The highest BCUT2D eigenvalue weighted by Gasteiger charge is 2.27. The Kier molecular flexibility index (Phi) is 4.77. The molecule has 2 aliphatic heterocycles. The summed E-state index contributed by atoms with van der Waals surface area (Å²) in [6, 6.07) is 5.89. The fraction of sp³-hybridized carbons (Fsp3) is 0.286. The molecule has 164 valence electrons. The summed E-state index contributed by atoms with van der Waals surface area (Å²) in [6.07, 6.45) is 0.727. The van der Waals surface area contributed by atoms with Crippen molar-refractivity contribution in [3.05, 3.63) is 71.5 Å². The van der Waals surface area contributed by atoms with Crippen LogP contribution in [-0.2, 0) is 19.5 Å². The van der Waals surface area contributed by atoms with Crippen molar-refractivity contribution >= 4 is 34.7 Å². The molecule has 1 unspecified atom stereocenters. The van der Waals surface area contributed by atoms with Crippen molar-refractivity contribution in [1.82, 2.24) is 15.3 Å². The van der Waals surface area contributed by atoms with Gasteiger partial charge in [0.15, 0.2) is 5.82 Å². The molecule has 0 spiro atoms. The van der Waals surface area contributed by atoms with Crippen LogP contribution >= 0.6 is 11.8 Å². The van der Waals surface area contributed by atoms with Crippen LogP contribution in [0.4, 0.5) is 17.1 Å². The molecule has 0 aliphatic carbocycles. The number of aromatic nitrogens is 2. The Labute approximate surface area is 185 Å². The lowest BCUT2D eigenvalue weighted by atomic mass is 9.96. The Morgan fingerprint density at radius 1 is 1.28 bits per heavy atom. The van der Waals surface area contributed by atoms with Crippen LogP contribution in [-0.4, -0.2) is 27.8 Å². The van der Waals surface area contributed by atoms with E-state index in [1.807, 2.05) is 30.0 Å². The summed E-state index contributed by atoms with van der Waals surface area (Å²) < 4.78 is 0. The molecule has 1 aromatic heterocycles. The first-order valence-corrected chi connectivity index (χ1v) is 11.0. The molecule has 32 heavy (non-hydrogen) atoms. The van der Waals surface area contributed by atoms with E-state index in [0.717, 1.165) is 23.1 Å². The van der Waals surface area contributed by atoms with E-state index in [9.17, 15) is 19.2 Å². The number of nitrogen functional groups attached to an aromatic ring is 1. The monoisotopic (exact) mass is 452 g/mol. The van der Waals surface area contributed by atoms with E-state index < -0.39 is 16.8 Å². The molecule has 2 aliphatic rings. The first-order chi connectivity index (χ1) is 15.3. The molecule has 0 radical (unpaired) electrons. The number of fused-ring (bicyclic) bond motifs is 2. The zero-order valence-electron chi connectivity index (χ0n) is 17.2. The summed E-state index contributed by atoms with van der Waals surface area (Å²) in [4.78, 5) is 56.7. The zero-order chi connectivity index (χ0) is 22.6. The number of nitrogens with zero attached hydrogens (tertiary/aromatic N) is 2. The smallest absolute Gasteiger partial charge is 0.287 e. The Hall–Kier alpha value is -3.60. The van der Waals surface area contributed by atoms with Crippen LogP contribution in [0.15, 0.2) is 37.6 Å². The van der Waals surface area contributed by atoms with Crippen LogP contribution < -0.4 is 37.7 Å². The third kappa shape index (κ3) is 3.34. The van der Waals surface area contributed by atoms with Gasteiger partial charge in [-0.3, -0.25) is 19.2 Å². The summed E-state index contributed by atoms with van der Waals surface area (Å²) in [6.45, 7) is 3.23. The molecule has 0 saturated carbocycles. The number of carbonyl (C=O) groups excluding carboxylic acids is 1. The fourth-order valence-electron chi connectivity index (χ4n) is 4.06. The topological polar surface area (TPSA) is 150 Å². The second-order valence-corrected chi connectivity index (χ2v) is 9.21. The molecule has 2 aromatic carbocycles. The number of hydrogen-bond acceptors (Lipinski definition) is 9. The molecule has 5 rings (SSSR count). The summed E-state index contributed by atoms with van der Waals surface area (Å²) >= 11 is 1.39. The van der Waals surface area contributed by atoms with Crippen molar-refractivity contribution in [2.45, 2.75) is 36.8 Å². The highest BCUT2D eigenvalue weighted by atomic mass is 32.2. The number of amides is 1. The number of thioether (sulfide) groups is 1. The van der Waals surface area contributed by atoms with Crippen molar-refractivity contribution in [3.63, 3.8) is 0 Å². The number of carbonyl (C=O) groups is 1. The second-order valence-electron chi connectivity index (χ2n) is 7.88. The third-order valence-electron chi connectivity index (χ3n) is 5.71. The van der Waals surface area contributed by atoms with E-state index in [1.54, 1.807) is 0 Å². The second kappa shape index (κ2) is 7.52. The molecule has 1 atom stereocenters. The van der Waals surface area contributed by atoms with Gasteiger partial charge in [-0.05, 0) is 30.0 Å². The van der Waals surface area contributed by atoms with Crippen molar-refractivity contribution < 1.29 is 4.79 Å². The predicted molar refractivity (Wildman–Crippen MR) is 122 cm³/mol. The number of rotatable bonds is 4. The van der Waals surface area contributed by atoms with Gasteiger partial charge in [-0.1, -0.05) is 30.0 Å². The summed E-state index contributed by atoms with van der Waals surface area (Å²) in [7, 11) is 0. The lowest BCUT2D eigenvalue weighted by Crippen LogP contribution is -2.44. The Balaban J connectivity index is 1.29. The van der Waals surface area contributed by atoms with E-state index in [0.29, 0.717) is 29.5 Å². The quantitative estimate of drug-likeness (QED) is 0.324. The van der Waals surface area contributed by atoms with Gasteiger partial charge in [-0.15, -0.1) is 0 Å². The van der Waals surface area contributed by atoms with Gasteiger partial charge >= 0.3 is 0 Å². The zero-order valence-corrected chi connectivity index (χ0v) is 18.0. The largest absolute Gasteiger partial charge is 0.394 e. The minimum Gasteiger partial charge on any atom is -0.394 e. The lowest BCUT2D eigenvalue weighted by Gasteiger charge is -2.32. The predicted octanol–water partition coefficient (Wildman–Crippen LogP) is 0.304. The number of H-pyrrole nitrogens is 1. The van der Waals surface area contributed by atoms with Crippen molar-refractivity contribution in [1.29, 1.82) is 0 Å². The molecule has 0 saturated heterocycles. The molecule has 11 heteroatoms. The Bertz CT molecular complexity index is 1390. The van der Waals surface area contributed by atoms with Gasteiger partial charge in [0.25, 0.3) is 22.3 Å². The summed E-state index contributed by atoms with van der Waals surface area (Å²) in [5, 5.41) is 6.33. The Morgan fingerprint density at radius 2 is 2.09 bits per heavy atom. The SMILES string of the molecule is CC1Nc2c(nc(C(=O)NCc3ccc4c(c3)CN(c3c(N)c(=O)c3=O)CC4)[nH]c2=O)S1. The van der Waals surface area contributed by atoms with E-state index in [2.05, 4.69) is 20.6 Å². The number of anilines is 3. The van der Waals surface area contributed by atoms with Gasteiger partial charge in [0.05, 0.1) is 5.37 Å². The van der Waals surface area contributed by atoms with Crippen LogP contribution in [0.25, 0.3) is 0 Å². The van der Waals surface area contributed by atoms with Crippen LogP contribution in [0, 0.1) is 0 Å². The maximum absolute atomic E-state index is 12.6. The molecule has 0 bridgehead atoms. The van der Waals surface area contributed by atoms with E-state index in [4.69, 9.17) is 5.73 Å². The third-order valence-corrected chi connectivity index (χ3v) is 6.70.